The van der Waals surface area contributed by atoms with Crippen LogP contribution in [0, 0.1) is 10.1 Å². The molecule has 0 aliphatic rings. The first-order valence-electron chi connectivity index (χ1n) is 5.42. The molecule has 1 aromatic rings. The normalized spacial score (nSPS) is 11.7. The summed E-state index contributed by atoms with van der Waals surface area (Å²) < 4.78 is 10.5. The summed E-state index contributed by atoms with van der Waals surface area (Å²) in [7, 11) is 1.40. The lowest BCUT2D eigenvalue weighted by Gasteiger charge is -2.15. The third-order valence-electron chi connectivity index (χ3n) is 2.26. The van der Waals surface area contributed by atoms with Gasteiger partial charge in [-0.15, -0.1) is 0 Å². The molecule has 0 aliphatic carbocycles. The number of non-ortho nitro benzene ring substituents is 1. The van der Waals surface area contributed by atoms with Crippen LogP contribution in [0.1, 0.15) is 20.3 Å². The van der Waals surface area contributed by atoms with Gasteiger partial charge in [-0.3, -0.25) is 14.9 Å². The number of hydrogen-bond acceptors (Lipinski definition) is 5. The van der Waals surface area contributed by atoms with Gasteiger partial charge in [0.25, 0.3) is 5.69 Å². The van der Waals surface area contributed by atoms with E-state index in [2.05, 4.69) is 0 Å². The lowest BCUT2D eigenvalue weighted by Crippen LogP contribution is -2.15. The number of rotatable bonds is 6. The molecule has 1 atom stereocenters. The maximum absolute atomic E-state index is 10.9. The summed E-state index contributed by atoms with van der Waals surface area (Å²) in [5.41, 5.74) is -0.0709. The van der Waals surface area contributed by atoms with E-state index in [1.807, 2.05) is 0 Å². The Kier molecular flexibility index (Phi) is 4.65. The van der Waals surface area contributed by atoms with E-state index < -0.39 is 4.92 Å². The molecule has 1 aromatic carbocycles. The molecule has 18 heavy (non-hydrogen) atoms. The van der Waals surface area contributed by atoms with Crippen molar-refractivity contribution in [3.05, 3.63) is 28.3 Å². The summed E-state index contributed by atoms with van der Waals surface area (Å²) >= 11 is 0. The second-order valence-corrected chi connectivity index (χ2v) is 3.93. The average molecular weight is 253 g/mol. The summed E-state index contributed by atoms with van der Waals surface area (Å²) in [6.45, 7) is 3.23. The second kappa shape index (κ2) is 6.00. The van der Waals surface area contributed by atoms with Crippen LogP contribution >= 0.6 is 0 Å². The highest BCUT2D eigenvalue weighted by atomic mass is 16.6. The lowest BCUT2D eigenvalue weighted by atomic mass is 10.2. The number of nitrogens with zero attached hydrogens (tertiary/aromatic N) is 1. The summed E-state index contributed by atoms with van der Waals surface area (Å²) in [4.78, 5) is 21.0. The molecule has 0 N–H and O–H groups in total. The Hall–Kier alpha value is -2.11. The van der Waals surface area contributed by atoms with Crippen molar-refractivity contribution in [2.24, 2.45) is 0 Å². The molecule has 1 rings (SSSR count). The fourth-order valence-corrected chi connectivity index (χ4v) is 1.53. The number of methoxy groups -OCH3 is 1. The van der Waals surface area contributed by atoms with Crippen LogP contribution in [-0.4, -0.2) is 23.9 Å². The molecule has 0 amide bonds. The Balaban J connectivity index is 2.88. The second-order valence-electron chi connectivity index (χ2n) is 3.93. The van der Waals surface area contributed by atoms with Crippen molar-refractivity contribution in [3.8, 4) is 11.5 Å². The van der Waals surface area contributed by atoms with Crippen LogP contribution in [-0.2, 0) is 4.79 Å². The van der Waals surface area contributed by atoms with Gasteiger partial charge in [-0.2, -0.15) is 0 Å². The first-order chi connectivity index (χ1) is 8.43. The van der Waals surface area contributed by atoms with Crippen LogP contribution in [0.25, 0.3) is 0 Å². The van der Waals surface area contributed by atoms with E-state index in [0.29, 0.717) is 5.75 Å². The van der Waals surface area contributed by atoms with Crippen molar-refractivity contribution >= 4 is 11.5 Å². The lowest BCUT2D eigenvalue weighted by molar-refractivity contribution is -0.385. The van der Waals surface area contributed by atoms with Gasteiger partial charge in [0.05, 0.1) is 18.1 Å². The van der Waals surface area contributed by atoms with E-state index in [1.165, 1.54) is 32.2 Å². The van der Waals surface area contributed by atoms with Crippen LogP contribution in [0.4, 0.5) is 5.69 Å². The van der Waals surface area contributed by atoms with Crippen molar-refractivity contribution in [2.45, 2.75) is 26.4 Å². The average Bonchev–Trinajstić information content (AvgIpc) is 2.27. The predicted molar refractivity (Wildman–Crippen MR) is 65.0 cm³/mol. The molecular weight excluding hydrogens is 238 g/mol. The Morgan fingerprint density at radius 2 is 2.11 bits per heavy atom. The van der Waals surface area contributed by atoms with Gasteiger partial charge in [-0.25, -0.2) is 0 Å². The monoisotopic (exact) mass is 253 g/mol. The number of nitro groups is 1. The zero-order valence-corrected chi connectivity index (χ0v) is 10.5. The largest absolute Gasteiger partial charge is 0.493 e. The number of hydrogen-bond donors (Lipinski definition) is 0. The van der Waals surface area contributed by atoms with Crippen LogP contribution in [0.3, 0.4) is 0 Å². The molecule has 0 heterocycles. The Morgan fingerprint density at radius 3 is 2.61 bits per heavy atom. The van der Waals surface area contributed by atoms with Gasteiger partial charge in [0, 0.05) is 12.5 Å². The fourth-order valence-electron chi connectivity index (χ4n) is 1.53. The van der Waals surface area contributed by atoms with Crippen molar-refractivity contribution in [1.82, 2.24) is 0 Å². The molecule has 6 heteroatoms. The number of Topliss-reactive ketones (excluding diaryl/α,β-unsaturated/α-hetero) is 1. The van der Waals surface area contributed by atoms with E-state index in [9.17, 15) is 14.9 Å². The van der Waals surface area contributed by atoms with Gasteiger partial charge in [-0.1, -0.05) is 0 Å². The molecule has 0 bridgehead atoms. The molecule has 0 saturated heterocycles. The van der Waals surface area contributed by atoms with Gasteiger partial charge in [0.2, 0.25) is 0 Å². The third-order valence-corrected chi connectivity index (χ3v) is 2.26. The Morgan fingerprint density at radius 1 is 1.44 bits per heavy atom. The van der Waals surface area contributed by atoms with Crippen molar-refractivity contribution < 1.29 is 19.2 Å². The van der Waals surface area contributed by atoms with Crippen LogP contribution in [0.5, 0.6) is 11.5 Å². The summed E-state index contributed by atoms with van der Waals surface area (Å²) in [6, 6.07) is 4.09. The Labute approximate surface area is 105 Å². The summed E-state index contributed by atoms with van der Waals surface area (Å²) in [6.07, 6.45) is -0.0296. The van der Waals surface area contributed by atoms with Gasteiger partial charge in [-0.05, 0) is 19.9 Å². The summed E-state index contributed by atoms with van der Waals surface area (Å²) in [5, 5.41) is 10.6. The molecule has 0 fully saturated rings. The van der Waals surface area contributed by atoms with E-state index in [1.54, 1.807) is 6.92 Å². The third kappa shape index (κ3) is 3.73. The number of benzene rings is 1. The van der Waals surface area contributed by atoms with E-state index in [0.717, 1.165) is 0 Å². The quantitative estimate of drug-likeness (QED) is 0.574. The van der Waals surface area contributed by atoms with Crippen molar-refractivity contribution in [1.29, 1.82) is 0 Å². The zero-order chi connectivity index (χ0) is 13.7. The van der Waals surface area contributed by atoms with Crippen molar-refractivity contribution in [3.63, 3.8) is 0 Å². The topological polar surface area (TPSA) is 78.7 Å². The molecule has 6 nitrogen and oxygen atoms in total. The first kappa shape index (κ1) is 14.0. The maximum Gasteiger partial charge on any atom is 0.273 e. The van der Waals surface area contributed by atoms with Crippen molar-refractivity contribution in [2.75, 3.05) is 7.11 Å². The molecule has 0 saturated carbocycles. The van der Waals surface area contributed by atoms with Gasteiger partial charge >= 0.3 is 0 Å². The predicted octanol–water partition coefficient (Wildman–Crippen LogP) is 2.35. The first-order valence-corrected chi connectivity index (χ1v) is 5.42. The highest BCUT2D eigenvalue weighted by molar-refractivity contribution is 5.76. The van der Waals surface area contributed by atoms with E-state index in [-0.39, 0.29) is 29.7 Å². The number of ketones is 1. The van der Waals surface area contributed by atoms with Crippen LogP contribution in [0.2, 0.25) is 0 Å². The SMILES string of the molecule is COc1cc([N+](=O)[O-])ccc1OC(C)CC(C)=O. The number of ether oxygens (including phenoxy) is 2. The highest BCUT2D eigenvalue weighted by Crippen LogP contribution is 2.32. The maximum atomic E-state index is 10.9. The molecular formula is C12H15NO5. The van der Waals surface area contributed by atoms with Crippen LogP contribution < -0.4 is 9.47 Å². The number of carbonyl (C=O) groups is 1. The zero-order valence-electron chi connectivity index (χ0n) is 10.5. The smallest absolute Gasteiger partial charge is 0.273 e. The molecule has 0 spiro atoms. The van der Waals surface area contributed by atoms with Gasteiger partial charge < -0.3 is 9.47 Å². The number of carbonyl (C=O) groups excluding carboxylic acids is 1. The standard InChI is InChI=1S/C12H15NO5/c1-8(14)6-9(2)18-11-5-4-10(13(15)16)7-12(11)17-3/h4-5,7,9H,6H2,1-3H3. The molecule has 1 unspecified atom stereocenters. The molecule has 0 aromatic heterocycles. The molecule has 0 aliphatic heterocycles. The fraction of sp³-hybridized carbons (Fsp3) is 0.417. The Bertz CT molecular complexity index is 458. The number of nitro benzene ring substituents is 1. The molecule has 98 valence electrons. The van der Waals surface area contributed by atoms with Gasteiger partial charge in [0.1, 0.15) is 11.9 Å². The summed E-state index contributed by atoms with van der Waals surface area (Å²) in [5.74, 6) is 0.680. The van der Waals surface area contributed by atoms with Crippen LogP contribution in [0.15, 0.2) is 18.2 Å². The molecule has 0 radical (unpaired) electrons. The minimum absolute atomic E-state index is 0.0170. The van der Waals surface area contributed by atoms with E-state index in [4.69, 9.17) is 9.47 Å². The van der Waals surface area contributed by atoms with Gasteiger partial charge in [0.15, 0.2) is 11.5 Å². The van der Waals surface area contributed by atoms with E-state index >= 15 is 0 Å². The minimum Gasteiger partial charge on any atom is -0.493 e. The minimum atomic E-state index is -0.509. The highest BCUT2D eigenvalue weighted by Gasteiger charge is 2.15.